The number of hydrogen-bond acceptors (Lipinski definition) is 3. The summed E-state index contributed by atoms with van der Waals surface area (Å²) in [5, 5.41) is 1.52. The van der Waals surface area contributed by atoms with Crippen molar-refractivity contribution < 1.29 is 9.15 Å². The average molecular weight is 367 g/mol. The first kappa shape index (κ1) is 14.4. The van der Waals surface area contributed by atoms with Crippen LogP contribution in [0.5, 0.6) is 5.75 Å². The van der Waals surface area contributed by atoms with Crippen molar-refractivity contribution in [1.82, 2.24) is 0 Å². The van der Waals surface area contributed by atoms with Gasteiger partial charge in [0.1, 0.15) is 11.5 Å². The van der Waals surface area contributed by atoms with Gasteiger partial charge in [-0.3, -0.25) is 0 Å². The smallest absolute Gasteiger partial charge is 0.152 e. The molecule has 0 aliphatic rings. The average Bonchev–Trinajstić information content (AvgIpc) is 2.93. The number of fused-ring (bicyclic) bond motifs is 1. The van der Waals surface area contributed by atoms with Crippen LogP contribution in [0, 0.1) is 0 Å². The highest BCUT2D eigenvalue weighted by molar-refractivity contribution is 9.10. The molecule has 0 aliphatic heterocycles. The number of para-hydroxylation sites is 1. The second-order valence-electron chi connectivity index (χ2n) is 4.67. The summed E-state index contributed by atoms with van der Waals surface area (Å²) in [6.45, 7) is 0. The van der Waals surface area contributed by atoms with E-state index in [0.717, 1.165) is 21.2 Å². The lowest BCUT2D eigenvalue weighted by Crippen LogP contribution is -2.11. The summed E-state index contributed by atoms with van der Waals surface area (Å²) in [6, 6.07) is 12.8. The number of halogens is 2. The summed E-state index contributed by atoms with van der Waals surface area (Å²) in [7, 11) is 1.62. The highest BCUT2D eigenvalue weighted by Crippen LogP contribution is 2.34. The highest BCUT2D eigenvalue weighted by atomic mass is 79.9. The minimum atomic E-state index is -0.405. The van der Waals surface area contributed by atoms with Gasteiger partial charge in [-0.05, 0) is 35.9 Å². The number of furan rings is 1. The van der Waals surface area contributed by atoms with Gasteiger partial charge in [0, 0.05) is 9.86 Å². The summed E-state index contributed by atoms with van der Waals surface area (Å²) in [6.07, 6.45) is 0. The quantitative estimate of drug-likeness (QED) is 0.717. The maximum absolute atomic E-state index is 6.33. The zero-order valence-corrected chi connectivity index (χ0v) is 13.6. The van der Waals surface area contributed by atoms with Gasteiger partial charge >= 0.3 is 0 Å². The molecular weight excluding hydrogens is 354 g/mol. The van der Waals surface area contributed by atoms with Crippen LogP contribution in [0.4, 0.5) is 0 Å². The topological polar surface area (TPSA) is 48.4 Å². The van der Waals surface area contributed by atoms with E-state index in [2.05, 4.69) is 15.9 Å². The van der Waals surface area contributed by atoms with Crippen molar-refractivity contribution in [3.05, 3.63) is 63.3 Å². The molecule has 1 heterocycles. The van der Waals surface area contributed by atoms with Gasteiger partial charge in [-0.2, -0.15) is 0 Å². The summed E-state index contributed by atoms with van der Waals surface area (Å²) in [5.41, 5.74) is 7.88. The van der Waals surface area contributed by atoms with E-state index in [9.17, 15) is 0 Å². The predicted octanol–water partition coefficient (Wildman–Crippen LogP) is 4.91. The first-order chi connectivity index (χ1) is 10.1. The van der Waals surface area contributed by atoms with Gasteiger partial charge in [-0.25, -0.2) is 0 Å². The van der Waals surface area contributed by atoms with Crippen LogP contribution >= 0.6 is 27.5 Å². The number of hydrogen-bond donors (Lipinski definition) is 1. The standard InChI is InChI=1S/C16H13BrClNO2/c1-20-10-5-6-12(17)11(8-10)15(19)14-7-9-3-2-4-13(18)16(9)21-14/h2-8,15H,19H2,1H3. The minimum Gasteiger partial charge on any atom is -0.497 e. The third-order valence-corrected chi connectivity index (χ3v) is 4.38. The van der Waals surface area contributed by atoms with Gasteiger partial charge in [0.05, 0.1) is 18.2 Å². The van der Waals surface area contributed by atoms with Crippen LogP contribution in [0.15, 0.2) is 51.4 Å². The van der Waals surface area contributed by atoms with Crippen molar-refractivity contribution in [2.75, 3.05) is 7.11 Å². The minimum absolute atomic E-state index is 0.405. The second-order valence-corrected chi connectivity index (χ2v) is 5.93. The molecule has 0 radical (unpaired) electrons. The summed E-state index contributed by atoms with van der Waals surface area (Å²) in [4.78, 5) is 0. The molecule has 1 atom stereocenters. The molecule has 2 aromatic carbocycles. The predicted molar refractivity (Wildman–Crippen MR) is 87.9 cm³/mol. The lowest BCUT2D eigenvalue weighted by atomic mass is 10.0. The normalized spacial score (nSPS) is 12.6. The van der Waals surface area contributed by atoms with Crippen LogP contribution in [-0.4, -0.2) is 7.11 Å². The van der Waals surface area contributed by atoms with E-state index in [4.69, 9.17) is 26.5 Å². The third kappa shape index (κ3) is 2.67. The Morgan fingerprint density at radius 2 is 2.05 bits per heavy atom. The van der Waals surface area contributed by atoms with Gasteiger partial charge in [-0.15, -0.1) is 0 Å². The van der Waals surface area contributed by atoms with Crippen LogP contribution in [0.3, 0.4) is 0 Å². The second kappa shape index (κ2) is 5.72. The van der Waals surface area contributed by atoms with Crippen molar-refractivity contribution in [2.45, 2.75) is 6.04 Å². The van der Waals surface area contributed by atoms with Gasteiger partial charge in [0.15, 0.2) is 5.58 Å². The molecular formula is C16H13BrClNO2. The number of ether oxygens (including phenoxy) is 1. The Bertz CT molecular complexity index is 800. The van der Waals surface area contributed by atoms with Gasteiger partial charge in [0.2, 0.25) is 0 Å². The molecule has 1 aromatic heterocycles. The van der Waals surface area contributed by atoms with Crippen molar-refractivity contribution >= 4 is 38.5 Å². The zero-order valence-electron chi connectivity index (χ0n) is 11.3. The zero-order chi connectivity index (χ0) is 15.0. The van der Waals surface area contributed by atoms with Crippen molar-refractivity contribution in [3.8, 4) is 5.75 Å². The molecule has 0 amide bonds. The fourth-order valence-corrected chi connectivity index (χ4v) is 2.95. The first-order valence-corrected chi connectivity index (χ1v) is 7.54. The van der Waals surface area contributed by atoms with Crippen molar-refractivity contribution in [3.63, 3.8) is 0 Å². The molecule has 3 rings (SSSR count). The molecule has 5 heteroatoms. The Kier molecular flexibility index (Phi) is 3.93. The third-order valence-electron chi connectivity index (χ3n) is 3.36. The molecule has 0 spiro atoms. The summed E-state index contributed by atoms with van der Waals surface area (Å²) >= 11 is 9.65. The van der Waals surface area contributed by atoms with Crippen LogP contribution < -0.4 is 10.5 Å². The molecule has 0 aliphatic carbocycles. The highest BCUT2D eigenvalue weighted by Gasteiger charge is 2.18. The number of benzene rings is 2. The summed E-state index contributed by atoms with van der Waals surface area (Å²) in [5.74, 6) is 1.41. The van der Waals surface area contributed by atoms with Crippen LogP contribution in [0.2, 0.25) is 5.02 Å². The van der Waals surface area contributed by atoms with Crippen LogP contribution in [0.1, 0.15) is 17.4 Å². The van der Waals surface area contributed by atoms with Crippen molar-refractivity contribution in [2.24, 2.45) is 5.73 Å². The molecule has 1 unspecified atom stereocenters. The molecule has 3 aromatic rings. The SMILES string of the molecule is COc1ccc(Br)c(C(N)c2cc3cccc(Cl)c3o2)c1. The van der Waals surface area contributed by atoms with Gasteiger partial charge in [0.25, 0.3) is 0 Å². The fourth-order valence-electron chi connectivity index (χ4n) is 2.24. The Labute approximate surface area is 135 Å². The Morgan fingerprint density at radius 3 is 2.76 bits per heavy atom. The number of nitrogens with two attached hydrogens (primary N) is 1. The van der Waals surface area contributed by atoms with Crippen molar-refractivity contribution in [1.29, 1.82) is 0 Å². The maximum atomic E-state index is 6.33. The molecule has 3 nitrogen and oxygen atoms in total. The lowest BCUT2D eigenvalue weighted by Gasteiger charge is -2.12. The maximum Gasteiger partial charge on any atom is 0.152 e. The summed E-state index contributed by atoms with van der Waals surface area (Å²) < 4.78 is 12.0. The molecule has 21 heavy (non-hydrogen) atoms. The van der Waals surface area contributed by atoms with E-state index < -0.39 is 6.04 Å². The van der Waals surface area contributed by atoms with Gasteiger partial charge in [-0.1, -0.05) is 39.7 Å². The Morgan fingerprint density at radius 1 is 1.24 bits per heavy atom. The fraction of sp³-hybridized carbons (Fsp3) is 0.125. The molecule has 0 saturated carbocycles. The Balaban J connectivity index is 2.07. The van der Waals surface area contributed by atoms with E-state index in [1.165, 1.54) is 0 Å². The van der Waals surface area contributed by atoms with E-state index in [1.807, 2.05) is 36.4 Å². The molecule has 2 N–H and O–H groups in total. The van der Waals surface area contributed by atoms with E-state index in [-0.39, 0.29) is 0 Å². The number of rotatable bonds is 3. The largest absolute Gasteiger partial charge is 0.497 e. The van der Waals surface area contributed by atoms with Crippen LogP contribution in [0.25, 0.3) is 11.0 Å². The molecule has 0 fully saturated rings. The van der Waals surface area contributed by atoms with E-state index >= 15 is 0 Å². The van der Waals surface area contributed by atoms with E-state index in [1.54, 1.807) is 13.2 Å². The molecule has 108 valence electrons. The van der Waals surface area contributed by atoms with E-state index in [0.29, 0.717) is 16.4 Å². The Hall–Kier alpha value is -1.49. The molecule has 0 bridgehead atoms. The first-order valence-electron chi connectivity index (χ1n) is 6.37. The molecule has 0 saturated heterocycles. The monoisotopic (exact) mass is 365 g/mol. The lowest BCUT2D eigenvalue weighted by molar-refractivity contribution is 0.413. The number of methoxy groups -OCH3 is 1. The van der Waals surface area contributed by atoms with Gasteiger partial charge < -0.3 is 14.9 Å². The van der Waals surface area contributed by atoms with Crippen LogP contribution in [-0.2, 0) is 0 Å².